The predicted octanol–water partition coefficient (Wildman–Crippen LogP) is 3.28. The lowest BCUT2D eigenvalue weighted by Gasteiger charge is -2.23. The van der Waals surface area contributed by atoms with Crippen LogP contribution in [-0.4, -0.2) is 37.1 Å². The number of nitrogens with one attached hydrogen (secondary N) is 1. The van der Waals surface area contributed by atoms with Gasteiger partial charge in [-0.1, -0.05) is 26.7 Å². The van der Waals surface area contributed by atoms with Crippen molar-refractivity contribution in [1.82, 2.24) is 10.2 Å². The summed E-state index contributed by atoms with van der Waals surface area (Å²) in [5.74, 6) is 0.981. The maximum absolute atomic E-state index is 3.69. The molecule has 1 unspecified atom stereocenters. The van der Waals surface area contributed by atoms with Crippen LogP contribution in [0.25, 0.3) is 0 Å². The summed E-state index contributed by atoms with van der Waals surface area (Å²) in [7, 11) is 0. The lowest BCUT2D eigenvalue weighted by molar-refractivity contribution is 0.260. The van der Waals surface area contributed by atoms with Crippen molar-refractivity contribution in [2.24, 2.45) is 5.92 Å². The average molecular weight is 240 g/mol. The van der Waals surface area contributed by atoms with E-state index in [1.807, 2.05) is 0 Å². The van der Waals surface area contributed by atoms with Crippen LogP contribution in [0, 0.1) is 5.92 Å². The SMILES string of the molecule is CCCCN(CCCC)CCNC(C)C1CC1. The molecule has 0 aromatic rings. The summed E-state index contributed by atoms with van der Waals surface area (Å²) < 4.78 is 0. The van der Waals surface area contributed by atoms with Gasteiger partial charge in [-0.25, -0.2) is 0 Å². The zero-order chi connectivity index (χ0) is 12.5. The number of hydrogen-bond donors (Lipinski definition) is 1. The van der Waals surface area contributed by atoms with Crippen molar-refractivity contribution in [2.75, 3.05) is 26.2 Å². The van der Waals surface area contributed by atoms with Crippen molar-refractivity contribution < 1.29 is 0 Å². The number of rotatable bonds is 11. The van der Waals surface area contributed by atoms with Crippen molar-refractivity contribution >= 4 is 0 Å². The first-order chi connectivity index (χ1) is 8.27. The topological polar surface area (TPSA) is 15.3 Å². The van der Waals surface area contributed by atoms with E-state index in [0.717, 1.165) is 12.0 Å². The molecule has 0 spiro atoms. The van der Waals surface area contributed by atoms with Gasteiger partial charge in [-0.2, -0.15) is 0 Å². The summed E-state index contributed by atoms with van der Waals surface area (Å²) >= 11 is 0. The quantitative estimate of drug-likeness (QED) is 0.596. The van der Waals surface area contributed by atoms with Crippen molar-refractivity contribution in [3.8, 4) is 0 Å². The highest BCUT2D eigenvalue weighted by Gasteiger charge is 2.27. The zero-order valence-electron chi connectivity index (χ0n) is 12.2. The number of nitrogens with zero attached hydrogens (tertiary/aromatic N) is 1. The van der Waals surface area contributed by atoms with Crippen molar-refractivity contribution in [3.63, 3.8) is 0 Å². The molecule has 2 heteroatoms. The highest BCUT2D eigenvalue weighted by molar-refractivity contribution is 4.83. The highest BCUT2D eigenvalue weighted by Crippen LogP contribution is 2.32. The van der Waals surface area contributed by atoms with Crippen LogP contribution in [0.2, 0.25) is 0 Å². The summed E-state index contributed by atoms with van der Waals surface area (Å²) in [5, 5.41) is 3.69. The smallest absolute Gasteiger partial charge is 0.0107 e. The van der Waals surface area contributed by atoms with Gasteiger partial charge in [0.1, 0.15) is 0 Å². The molecule has 0 radical (unpaired) electrons. The van der Waals surface area contributed by atoms with Crippen molar-refractivity contribution in [2.45, 2.75) is 65.3 Å². The maximum Gasteiger partial charge on any atom is 0.0107 e. The van der Waals surface area contributed by atoms with E-state index in [2.05, 4.69) is 31.0 Å². The van der Waals surface area contributed by atoms with Crippen LogP contribution in [0.4, 0.5) is 0 Å². The molecule has 17 heavy (non-hydrogen) atoms. The molecular weight excluding hydrogens is 208 g/mol. The zero-order valence-corrected chi connectivity index (χ0v) is 12.2. The van der Waals surface area contributed by atoms with Gasteiger partial charge in [-0.3, -0.25) is 0 Å². The Bertz CT molecular complexity index is 170. The third-order valence-corrected chi connectivity index (χ3v) is 3.88. The monoisotopic (exact) mass is 240 g/mol. The Balaban J connectivity index is 2.07. The molecule has 0 amide bonds. The Kier molecular flexibility index (Phi) is 7.87. The van der Waals surface area contributed by atoms with Gasteiger partial charge in [0.05, 0.1) is 0 Å². The fraction of sp³-hybridized carbons (Fsp3) is 1.00. The van der Waals surface area contributed by atoms with Crippen LogP contribution in [0.3, 0.4) is 0 Å². The van der Waals surface area contributed by atoms with Gasteiger partial charge >= 0.3 is 0 Å². The van der Waals surface area contributed by atoms with Gasteiger partial charge in [-0.05, 0) is 51.6 Å². The second kappa shape index (κ2) is 8.93. The third kappa shape index (κ3) is 7.05. The minimum absolute atomic E-state index is 0.745. The van der Waals surface area contributed by atoms with Crippen LogP contribution in [0.15, 0.2) is 0 Å². The van der Waals surface area contributed by atoms with Gasteiger partial charge in [0.15, 0.2) is 0 Å². The summed E-state index contributed by atoms with van der Waals surface area (Å²) in [6.07, 6.45) is 8.22. The second-order valence-corrected chi connectivity index (χ2v) is 5.63. The van der Waals surface area contributed by atoms with E-state index >= 15 is 0 Å². The van der Waals surface area contributed by atoms with Crippen LogP contribution in [-0.2, 0) is 0 Å². The molecule has 0 saturated heterocycles. The van der Waals surface area contributed by atoms with E-state index in [1.54, 1.807) is 0 Å². The van der Waals surface area contributed by atoms with Crippen molar-refractivity contribution in [3.05, 3.63) is 0 Å². The Hall–Kier alpha value is -0.0800. The lowest BCUT2D eigenvalue weighted by atomic mass is 10.2. The normalized spacial score (nSPS) is 17.6. The van der Waals surface area contributed by atoms with Gasteiger partial charge in [-0.15, -0.1) is 0 Å². The molecule has 1 saturated carbocycles. The van der Waals surface area contributed by atoms with Crippen LogP contribution < -0.4 is 5.32 Å². The molecule has 1 N–H and O–H groups in total. The van der Waals surface area contributed by atoms with Crippen molar-refractivity contribution in [1.29, 1.82) is 0 Å². The summed E-state index contributed by atoms with van der Waals surface area (Å²) in [4.78, 5) is 2.64. The molecule has 1 aliphatic rings. The Morgan fingerprint density at radius 1 is 1.06 bits per heavy atom. The Morgan fingerprint density at radius 2 is 1.65 bits per heavy atom. The fourth-order valence-electron chi connectivity index (χ4n) is 2.31. The molecule has 1 fully saturated rings. The minimum atomic E-state index is 0.745. The maximum atomic E-state index is 3.69. The van der Waals surface area contributed by atoms with E-state index in [1.165, 1.54) is 64.7 Å². The summed E-state index contributed by atoms with van der Waals surface area (Å²) in [5.41, 5.74) is 0. The molecule has 0 bridgehead atoms. The standard InChI is InChI=1S/C15H32N2/c1-4-6-11-17(12-7-5-2)13-10-16-14(3)15-8-9-15/h14-16H,4-13H2,1-3H3. The van der Waals surface area contributed by atoms with E-state index < -0.39 is 0 Å². The summed E-state index contributed by atoms with van der Waals surface area (Å²) in [6, 6.07) is 0.745. The van der Waals surface area contributed by atoms with Gasteiger partial charge < -0.3 is 10.2 Å². The number of unbranched alkanes of at least 4 members (excludes halogenated alkanes) is 2. The highest BCUT2D eigenvalue weighted by atomic mass is 15.1. The molecule has 1 rings (SSSR count). The summed E-state index contributed by atoms with van der Waals surface area (Å²) in [6.45, 7) is 11.9. The fourth-order valence-corrected chi connectivity index (χ4v) is 2.31. The molecule has 2 nitrogen and oxygen atoms in total. The van der Waals surface area contributed by atoms with Gasteiger partial charge in [0, 0.05) is 19.1 Å². The first kappa shape index (κ1) is 15.0. The van der Waals surface area contributed by atoms with Gasteiger partial charge in [0.2, 0.25) is 0 Å². The molecule has 102 valence electrons. The molecule has 1 aliphatic carbocycles. The second-order valence-electron chi connectivity index (χ2n) is 5.63. The first-order valence-electron chi connectivity index (χ1n) is 7.73. The molecule has 0 aliphatic heterocycles. The molecule has 0 heterocycles. The third-order valence-electron chi connectivity index (χ3n) is 3.88. The Labute approximate surface area is 108 Å². The van der Waals surface area contributed by atoms with Crippen LogP contribution >= 0.6 is 0 Å². The van der Waals surface area contributed by atoms with Crippen LogP contribution in [0.1, 0.15) is 59.3 Å². The molecular formula is C15H32N2. The van der Waals surface area contributed by atoms with Crippen LogP contribution in [0.5, 0.6) is 0 Å². The van der Waals surface area contributed by atoms with E-state index in [4.69, 9.17) is 0 Å². The largest absolute Gasteiger partial charge is 0.313 e. The van der Waals surface area contributed by atoms with Gasteiger partial charge in [0.25, 0.3) is 0 Å². The molecule has 0 aromatic carbocycles. The lowest BCUT2D eigenvalue weighted by Crippen LogP contribution is -2.37. The molecule has 1 atom stereocenters. The first-order valence-corrected chi connectivity index (χ1v) is 7.73. The predicted molar refractivity (Wildman–Crippen MR) is 76.4 cm³/mol. The average Bonchev–Trinajstić information content (AvgIpc) is 3.15. The van der Waals surface area contributed by atoms with E-state index in [9.17, 15) is 0 Å². The van der Waals surface area contributed by atoms with E-state index in [-0.39, 0.29) is 0 Å². The Morgan fingerprint density at radius 3 is 2.12 bits per heavy atom. The molecule has 0 aromatic heterocycles. The van der Waals surface area contributed by atoms with E-state index in [0.29, 0.717) is 0 Å². The number of hydrogen-bond acceptors (Lipinski definition) is 2. The minimum Gasteiger partial charge on any atom is -0.313 e.